The predicted octanol–water partition coefficient (Wildman–Crippen LogP) is 2.13. The van der Waals surface area contributed by atoms with Crippen LogP contribution < -0.4 is 5.32 Å². The first kappa shape index (κ1) is 11.0. The molecule has 3 saturated carbocycles. The van der Waals surface area contributed by atoms with Gasteiger partial charge in [-0.05, 0) is 61.8 Å². The summed E-state index contributed by atoms with van der Waals surface area (Å²) in [4.78, 5) is 0. The number of nitrogens with zero attached hydrogens (tertiary/aromatic N) is 2. The van der Waals surface area contributed by atoms with E-state index >= 15 is 0 Å². The summed E-state index contributed by atoms with van der Waals surface area (Å²) >= 11 is 0. The van der Waals surface area contributed by atoms with Crippen molar-refractivity contribution >= 4 is 0 Å². The van der Waals surface area contributed by atoms with Crippen LogP contribution in [0.4, 0.5) is 0 Å². The third-order valence-corrected chi connectivity index (χ3v) is 5.13. The molecule has 0 bridgehead atoms. The molecule has 1 aromatic heterocycles. The minimum atomic E-state index is 0.518. The SMILES string of the molecule is Cn1ccc(CC2(CNC3CC3)CC3CC3C2)n1. The zero-order valence-electron chi connectivity index (χ0n) is 11.2. The molecule has 2 unspecified atom stereocenters. The fraction of sp³-hybridized carbons (Fsp3) is 0.800. The van der Waals surface area contributed by atoms with Crippen LogP contribution in [0.1, 0.15) is 37.8 Å². The summed E-state index contributed by atoms with van der Waals surface area (Å²) in [7, 11) is 2.02. The molecule has 3 aliphatic carbocycles. The second-order valence-corrected chi connectivity index (χ2v) is 6.98. The van der Waals surface area contributed by atoms with E-state index in [-0.39, 0.29) is 0 Å². The van der Waals surface area contributed by atoms with Gasteiger partial charge in [-0.25, -0.2) is 0 Å². The van der Waals surface area contributed by atoms with Gasteiger partial charge < -0.3 is 5.32 Å². The van der Waals surface area contributed by atoms with Crippen LogP contribution in [0.2, 0.25) is 0 Å². The molecule has 0 radical (unpaired) electrons. The molecule has 1 aromatic rings. The molecule has 1 N–H and O–H groups in total. The van der Waals surface area contributed by atoms with E-state index in [4.69, 9.17) is 0 Å². The van der Waals surface area contributed by atoms with Crippen LogP contribution in [-0.2, 0) is 13.5 Å². The van der Waals surface area contributed by atoms with E-state index < -0.39 is 0 Å². The Balaban J connectivity index is 1.47. The van der Waals surface area contributed by atoms with Crippen LogP contribution in [0.5, 0.6) is 0 Å². The van der Waals surface area contributed by atoms with E-state index in [0.717, 1.165) is 17.9 Å². The Hall–Kier alpha value is -0.830. The summed E-state index contributed by atoms with van der Waals surface area (Å²) in [6.07, 6.45) is 10.4. The minimum Gasteiger partial charge on any atom is -0.313 e. The van der Waals surface area contributed by atoms with Gasteiger partial charge in [0.25, 0.3) is 0 Å². The van der Waals surface area contributed by atoms with E-state index in [0.29, 0.717) is 5.41 Å². The number of rotatable bonds is 5. The normalized spacial score (nSPS) is 37.8. The zero-order valence-corrected chi connectivity index (χ0v) is 11.2. The quantitative estimate of drug-likeness (QED) is 0.861. The Bertz CT molecular complexity index is 436. The van der Waals surface area contributed by atoms with Crippen molar-refractivity contribution in [2.75, 3.05) is 6.54 Å². The maximum Gasteiger partial charge on any atom is 0.0630 e. The van der Waals surface area contributed by atoms with Gasteiger partial charge in [-0.1, -0.05) is 0 Å². The zero-order chi connectivity index (χ0) is 12.2. The van der Waals surface area contributed by atoms with Crippen molar-refractivity contribution < 1.29 is 0 Å². The number of aromatic nitrogens is 2. The van der Waals surface area contributed by atoms with E-state index in [1.54, 1.807) is 0 Å². The molecule has 1 heterocycles. The Labute approximate surface area is 109 Å². The van der Waals surface area contributed by atoms with Crippen LogP contribution in [-0.4, -0.2) is 22.4 Å². The molecule has 18 heavy (non-hydrogen) atoms. The second kappa shape index (κ2) is 3.83. The molecule has 3 heteroatoms. The molecule has 4 rings (SSSR count). The molecule has 3 fully saturated rings. The van der Waals surface area contributed by atoms with Crippen molar-refractivity contribution in [1.29, 1.82) is 0 Å². The molecule has 3 aliphatic rings. The van der Waals surface area contributed by atoms with Crippen molar-refractivity contribution in [2.45, 2.75) is 44.6 Å². The molecular formula is C15H23N3. The number of fused-ring (bicyclic) bond motifs is 1. The van der Waals surface area contributed by atoms with Gasteiger partial charge in [-0.2, -0.15) is 5.10 Å². The molecule has 0 spiro atoms. The summed E-state index contributed by atoms with van der Waals surface area (Å²) in [5.74, 6) is 2.10. The lowest BCUT2D eigenvalue weighted by Gasteiger charge is -2.31. The average Bonchev–Trinajstić information content (AvgIpc) is 3.23. The van der Waals surface area contributed by atoms with Gasteiger partial charge in [0.1, 0.15) is 0 Å². The van der Waals surface area contributed by atoms with Crippen LogP contribution in [0.3, 0.4) is 0 Å². The van der Waals surface area contributed by atoms with Crippen molar-refractivity contribution in [1.82, 2.24) is 15.1 Å². The first-order chi connectivity index (χ1) is 8.72. The standard InChI is InChI=1S/C15H23N3/c1-18-5-4-14(17-18)9-15(10-16-13-2-3-13)7-11-6-12(11)8-15/h4-5,11-13,16H,2-3,6-10H2,1H3. The monoisotopic (exact) mass is 245 g/mol. The highest BCUT2D eigenvalue weighted by Gasteiger charge is 2.53. The molecule has 0 aromatic carbocycles. The minimum absolute atomic E-state index is 0.518. The van der Waals surface area contributed by atoms with E-state index in [1.165, 1.54) is 50.8 Å². The Kier molecular flexibility index (Phi) is 2.35. The molecule has 3 nitrogen and oxygen atoms in total. The van der Waals surface area contributed by atoms with Crippen LogP contribution >= 0.6 is 0 Å². The number of aryl methyl sites for hydroxylation is 1. The van der Waals surface area contributed by atoms with Crippen LogP contribution in [0.25, 0.3) is 0 Å². The Morgan fingerprint density at radius 3 is 2.78 bits per heavy atom. The fourth-order valence-electron chi connectivity index (χ4n) is 3.95. The van der Waals surface area contributed by atoms with E-state index in [2.05, 4.69) is 22.7 Å². The summed E-state index contributed by atoms with van der Waals surface area (Å²) in [6.45, 7) is 1.22. The lowest BCUT2D eigenvalue weighted by Crippen LogP contribution is -2.36. The fourth-order valence-corrected chi connectivity index (χ4v) is 3.95. The number of nitrogens with one attached hydrogen (secondary N) is 1. The molecular weight excluding hydrogens is 222 g/mol. The largest absolute Gasteiger partial charge is 0.313 e. The summed E-state index contributed by atoms with van der Waals surface area (Å²) in [5.41, 5.74) is 1.81. The number of hydrogen-bond acceptors (Lipinski definition) is 2. The Morgan fingerprint density at radius 1 is 1.39 bits per heavy atom. The highest BCUT2D eigenvalue weighted by atomic mass is 15.2. The van der Waals surface area contributed by atoms with Gasteiger partial charge in [0, 0.05) is 25.8 Å². The summed E-state index contributed by atoms with van der Waals surface area (Å²) < 4.78 is 1.94. The van der Waals surface area contributed by atoms with Crippen molar-refractivity contribution in [3.8, 4) is 0 Å². The molecule has 0 amide bonds. The van der Waals surface area contributed by atoms with E-state index in [1.807, 2.05) is 11.7 Å². The van der Waals surface area contributed by atoms with Crippen molar-refractivity contribution in [2.24, 2.45) is 24.3 Å². The maximum atomic E-state index is 4.59. The summed E-state index contributed by atoms with van der Waals surface area (Å²) in [5, 5.41) is 8.36. The lowest BCUT2D eigenvalue weighted by atomic mass is 9.78. The van der Waals surface area contributed by atoms with Gasteiger partial charge in [-0.15, -0.1) is 0 Å². The summed E-state index contributed by atoms with van der Waals surface area (Å²) in [6, 6.07) is 3.03. The van der Waals surface area contributed by atoms with Crippen molar-refractivity contribution in [3.05, 3.63) is 18.0 Å². The highest BCUT2D eigenvalue weighted by molar-refractivity contribution is 5.11. The van der Waals surface area contributed by atoms with Gasteiger partial charge in [0.2, 0.25) is 0 Å². The van der Waals surface area contributed by atoms with Gasteiger partial charge >= 0.3 is 0 Å². The van der Waals surface area contributed by atoms with Gasteiger partial charge in [0.15, 0.2) is 0 Å². The molecule has 2 atom stereocenters. The predicted molar refractivity (Wildman–Crippen MR) is 71.2 cm³/mol. The first-order valence-corrected chi connectivity index (χ1v) is 7.44. The van der Waals surface area contributed by atoms with E-state index in [9.17, 15) is 0 Å². The van der Waals surface area contributed by atoms with Crippen molar-refractivity contribution in [3.63, 3.8) is 0 Å². The van der Waals surface area contributed by atoms with Gasteiger partial charge in [-0.3, -0.25) is 4.68 Å². The maximum absolute atomic E-state index is 4.59. The number of hydrogen-bond donors (Lipinski definition) is 1. The smallest absolute Gasteiger partial charge is 0.0630 e. The lowest BCUT2D eigenvalue weighted by molar-refractivity contribution is 0.244. The topological polar surface area (TPSA) is 29.9 Å². The molecule has 0 saturated heterocycles. The molecule has 98 valence electrons. The van der Waals surface area contributed by atoms with Gasteiger partial charge in [0.05, 0.1) is 5.69 Å². The molecule has 0 aliphatic heterocycles. The van der Waals surface area contributed by atoms with Crippen LogP contribution in [0, 0.1) is 17.3 Å². The average molecular weight is 245 g/mol. The third-order valence-electron chi connectivity index (χ3n) is 5.13. The highest BCUT2D eigenvalue weighted by Crippen LogP contribution is 2.60. The first-order valence-electron chi connectivity index (χ1n) is 7.44. The third kappa shape index (κ3) is 2.09. The van der Waals surface area contributed by atoms with Crippen LogP contribution in [0.15, 0.2) is 12.3 Å². The Morgan fingerprint density at radius 2 is 2.17 bits per heavy atom. The second-order valence-electron chi connectivity index (χ2n) is 6.98.